The lowest BCUT2D eigenvalue weighted by molar-refractivity contribution is 0.0160. The molecule has 18 heavy (non-hydrogen) atoms. The van der Waals surface area contributed by atoms with Gasteiger partial charge in [0.2, 0.25) is 0 Å². The normalized spacial score (nSPS) is 12.2. The maximum absolute atomic E-state index is 9.57. The summed E-state index contributed by atoms with van der Waals surface area (Å²) in [5, 5.41) is 18.8. The summed E-state index contributed by atoms with van der Waals surface area (Å²) in [5.41, 5.74) is 0.623. The van der Waals surface area contributed by atoms with Gasteiger partial charge < -0.3 is 24.4 Å². The molecule has 0 aromatic heterocycles. The number of hydrogen-bond acceptors (Lipinski definition) is 5. The predicted molar refractivity (Wildman–Crippen MR) is 66.9 cm³/mol. The van der Waals surface area contributed by atoms with Crippen LogP contribution < -0.4 is 9.47 Å². The minimum absolute atomic E-state index is 0.124. The minimum Gasteiger partial charge on any atom is -0.497 e. The van der Waals surface area contributed by atoms with Crippen LogP contribution in [0, 0.1) is 0 Å². The highest BCUT2D eigenvalue weighted by Crippen LogP contribution is 2.24. The van der Waals surface area contributed by atoms with Crippen LogP contribution in [0.25, 0.3) is 0 Å². The highest BCUT2D eigenvalue weighted by atomic mass is 16.5. The van der Waals surface area contributed by atoms with E-state index in [-0.39, 0.29) is 19.8 Å². The van der Waals surface area contributed by atoms with Gasteiger partial charge in [0.05, 0.1) is 20.3 Å². The molecular formula is C13H20O5. The zero-order valence-corrected chi connectivity index (χ0v) is 10.8. The molecular weight excluding hydrogens is 236 g/mol. The summed E-state index contributed by atoms with van der Waals surface area (Å²) in [6.45, 7) is 2.64. The van der Waals surface area contributed by atoms with E-state index in [4.69, 9.17) is 14.2 Å². The average Bonchev–Trinajstić information content (AvgIpc) is 2.42. The second-order valence-corrected chi connectivity index (χ2v) is 3.76. The van der Waals surface area contributed by atoms with Crippen LogP contribution in [0.5, 0.6) is 11.5 Å². The van der Waals surface area contributed by atoms with Crippen LogP contribution in [0.1, 0.15) is 12.5 Å². The third-order valence-corrected chi connectivity index (χ3v) is 2.38. The summed E-state index contributed by atoms with van der Waals surface area (Å²) in [6, 6.07) is 5.14. The van der Waals surface area contributed by atoms with E-state index >= 15 is 0 Å². The van der Waals surface area contributed by atoms with Gasteiger partial charge >= 0.3 is 0 Å². The number of benzene rings is 1. The van der Waals surface area contributed by atoms with E-state index in [1.807, 2.05) is 6.92 Å². The molecule has 0 radical (unpaired) electrons. The second-order valence-electron chi connectivity index (χ2n) is 3.76. The first-order valence-electron chi connectivity index (χ1n) is 5.87. The molecule has 0 aliphatic carbocycles. The van der Waals surface area contributed by atoms with Crippen molar-refractivity contribution in [2.24, 2.45) is 0 Å². The quantitative estimate of drug-likeness (QED) is 0.725. The smallest absolute Gasteiger partial charge is 0.125 e. The third-order valence-electron chi connectivity index (χ3n) is 2.38. The molecule has 1 aromatic rings. The lowest BCUT2D eigenvalue weighted by Crippen LogP contribution is -2.23. The van der Waals surface area contributed by atoms with Gasteiger partial charge in [-0.2, -0.15) is 0 Å². The Balaban J connectivity index is 2.55. The molecule has 0 aliphatic rings. The fourth-order valence-corrected chi connectivity index (χ4v) is 1.44. The summed E-state index contributed by atoms with van der Waals surface area (Å²) >= 11 is 0. The van der Waals surface area contributed by atoms with Crippen molar-refractivity contribution in [3.05, 3.63) is 23.8 Å². The van der Waals surface area contributed by atoms with Crippen LogP contribution in [-0.4, -0.2) is 43.2 Å². The van der Waals surface area contributed by atoms with Crippen LogP contribution in [0.15, 0.2) is 18.2 Å². The van der Waals surface area contributed by atoms with E-state index in [9.17, 15) is 10.2 Å². The Morgan fingerprint density at radius 2 is 2.06 bits per heavy atom. The molecule has 0 saturated carbocycles. The van der Waals surface area contributed by atoms with Crippen LogP contribution >= 0.6 is 0 Å². The molecule has 5 nitrogen and oxygen atoms in total. The Morgan fingerprint density at radius 3 is 2.67 bits per heavy atom. The molecule has 102 valence electrons. The first-order chi connectivity index (χ1) is 8.71. The molecule has 2 N–H and O–H groups in total. The van der Waals surface area contributed by atoms with Crippen LogP contribution in [0.4, 0.5) is 0 Å². The third kappa shape index (κ3) is 4.52. The van der Waals surface area contributed by atoms with Gasteiger partial charge in [-0.15, -0.1) is 0 Å². The number of methoxy groups -OCH3 is 1. The summed E-state index contributed by atoms with van der Waals surface area (Å²) in [4.78, 5) is 0. The van der Waals surface area contributed by atoms with Crippen LogP contribution in [-0.2, 0) is 11.3 Å². The van der Waals surface area contributed by atoms with E-state index in [1.165, 1.54) is 0 Å². The molecule has 0 bridgehead atoms. The second kappa shape index (κ2) is 7.92. The van der Waals surface area contributed by atoms with Crippen LogP contribution in [0.3, 0.4) is 0 Å². The number of hydrogen-bond donors (Lipinski definition) is 2. The zero-order valence-electron chi connectivity index (χ0n) is 10.8. The summed E-state index contributed by atoms with van der Waals surface area (Å²) in [6.07, 6.45) is -0.682. The number of aliphatic hydroxyl groups excluding tert-OH is 2. The molecule has 0 spiro atoms. The van der Waals surface area contributed by atoms with Gasteiger partial charge in [-0.25, -0.2) is 0 Å². The largest absolute Gasteiger partial charge is 0.497 e. The van der Waals surface area contributed by atoms with Gasteiger partial charge in [0.15, 0.2) is 0 Å². The highest BCUT2D eigenvalue weighted by Gasteiger charge is 2.09. The lowest BCUT2D eigenvalue weighted by atomic mass is 10.2. The number of rotatable bonds is 8. The Morgan fingerprint density at radius 1 is 1.28 bits per heavy atom. The van der Waals surface area contributed by atoms with Crippen molar-refractivity contribution in [1.82, 2.24) is 0 Å². The molecule has 1 aromatic carbocycles. The van der Waals surface area contributed by atoms with E-state index in [0.29, 0.717) is 23.7 Å². The van der Waals surface area contributed by atoms with Crippen molar-refractivity contribution in [3.8, 4) is 11.5 Å². The Labute approximate surface area is 107 Å². The highest BCUT2D eigenvalue weighted by molar-refractivity contribution is 5.39. The maximum atomic E-state index is 9.57. The Hall–Kier alpha value is -1.30. The summed E-state index contributed by atoms with van der Waals surface area (Å²) < 4.78 is 15.6. The maximum Gasteiger partial charge on any atom is 0.125 e. The van der Waals surface area contributed by atoms with Gasteiger partial charge in [-0.3, -0.25) is 0 Å². The Bertz CT molecular complexity index is 353. The van der Waals surface area contributed by atoms with Gasteiger partial charge in [0.25, 0.3) is 0 Å². The summed E-state index contributed by atoms with van der Waals surface area (Å²) in [7, 11) is 1.56. The van der Waals surface area contributed by atoms with Crippen molar-refractivity contribution in [2.75, 3.05) is 26.9 Å². The average molecular weight is 256 g/mol. The molecule has 5 heteroatoms. The van der Waals surface area contributed by atoms with Crippen molar-refractivity contribution in [3.63, 3.8) is 0 Å². The van der Waals surface area contributed by atoms with Gasteiger partial charge in [-0.1, -0.05) is 0 Å². The van der Waals surface area contributed by atoms with Gasteiger partial charge in [0, 0.05) is 12.2 Å². The zero-order chi connectivity index (χ0) is 13.4. The first kappa shape index (κ1) is 14.8. The molecule has 0 heterocycles. The predicted octanol–water partition coefficient (Wildman–Crippen LogP) is 0.964. The molecule has 0 fully saturated rings. The van der Waals surface area contributed by atoms with Crippen molar-refractivity contribution >= 4 is 0 Å². The molecule has 1 rings (SSSR count). The van der Waals surface area contributed by atoms with Gasteiger partial charge in [0.1, 0.15) is 24.2 Å². The standard InChI is InChI=1S/C13H20O5/c1-3-17-8-11(15)9-18-13-5-4-12(16-2)6-10(13)7-14/h4-6,11,14-15H,3,7-9H2,1-2H3. The van der Waals surface area contributed by atoms with E-state index in [1.54, 1.807) is 25.3 Å². The fraction of sp³-hybridized carbons (Fsp3) is 0.538. The summed E-state index contributed by atoms with van der Waals surface area (Å²) in [5.74, 6) is 1.19. The number of ether oxygens (including phenoxy) is 3. The van der Waals surface area contributed by atoms with E-state index < -0.39 is 6.10 Å². The van der Waals surface area contributed by atoms with Crippen molar-refractivity contribution < 1.29 is 24.4 Å². The Kier molecular flexibility index (Phi) is 6.49. The molecule has 1 atom stereocenters. The minimum atomic E-state index is -0.682. The lowest BCUT2D eigenvalue weighted by Gasteiger charge is -2.14. The number of aliphatic hydroxyl groups is 2. The monoisotopic (exact) mass is 256 g/mol. The van der Waals surface area contributed by atoms with E-state index in [0.717, 1.165) is 0 Å². The molecule has 0 saturated heterocycles. The van der Waals surface area contributed by atoms with E-state index in [2.05, 4.69) is 0 Å². The first-order valence-corrected chi connectivity index (χ1v) is 5.87. The fourth-order valence-electron chi connectivity index (χ4n) is 1.44. The molecule has 1 unspecified atom stereocenters. The van der Waals surface area contributed by atoms with Gasteiger partial charge in [-0.05, 0) is 25.1 Å². The van der Waals surface area contributed by atoms with Crippen molar-refractivity contribution in [1.29, 1.82) is 0 Å². The van der Waals surface area contributed by atoms with Crippen LogP contribution in [0.2, 0.25) is 0 Å². The van der Waals surface area contributed by atoms with Crippen molar-refractivity contribution in [2.45, 2.75) is 19.6 Å². The SMILES string of the molecule is CCOCC(O)COc1ccc(OC)cc1CO. The molecule has 0 amide bonds. The molecule has 0 aliphatic heterocycles. The topological polar surface area (TPSA) is 68.2 Å².